The van der Waals surface area contributed by atoms with Crippen LogP contribution >= 0.6 is 0 Å². The van der Waals surface area contributed by atoms with E-state index in [0.29, 0.717) is 0 Å². The third-order valence-corrected chi connectivity index (χ3v) is 2.81. The number of allylic oxidation sites excluding steroid dienone is 1. The van der Waals surface area contributed by atoms with E-state index < -0.39 is 29.3 Å². The minimum Gasteiger partial charge on any atom is -0.458 e. The van der Waals surface area contributed by atoms with Crippen molar-refractivity contribution in [3.8, 4) is 0 Å². The van der Waals surface area contributed by atoms with Gasteiger partial charge < -0.3 is 9.47 Å². The Kier molecular flexibility index (Phi) is 5.05. The van der Waals surface area contributed by atoms with Crippen molar-refractivity contribution in [3.63, 3.8) is 0 Å². The molecule has 1 saturated heterocycles. The maximum atomic E-state index is 12.4. The highest BCUT2D eigenvalue weighted by atomic mass is 16.6. The number of hydrogen-bond acceptors (Lipinski definition) is 5. The van der Waals surface area contributed by atoms with E-state index in [1.807, 2.05) is 0 Å². The summed E-state index contributed by atoms with van der Waals surface area (Å²) in [5, 5.41) is 0. The van der Waals surface area contributed by atoms with Gasteiger partial charge in [0.2, 0.25) is 0 Å². The van der Waals surface area contributed by atoms with Crippen molar-refractivity contribution in [3.05, 3.63) is 11.6 Å². The standard InChI is InChI=1S/C16H25NO5/c1-8-10-11(18)9-17(14(20)22-16(5,6)7)12(10)13(19)21-15(2,3)4/h8,12H,9H2,1-7H3/b10-8-/t12-/m0/s1. The number of amides is 1. The van der Waals surface area contributed by atoms with E-state index in [1.54, 1.807) is 54.5 Å². The first-order valence-electron chi connectivity index (χ1n) is 7.27. The van der Waals surface area contributed by atoms with Gasteiger partial charge in [-0.25, -0.2) is 9.59 Å². The molecule has 1 aliphatic rings. The summed E-state index contributed by atoms with van der Waals surface area (Å²) in [5.41, 5.74) is -1.15. The predicted molar refractivity (Wildman–Crippen MR) is 81.3 cm³/mol. The van der Waals surface area contributed by atoms with Gasteiger partial charge >= 0.3 is 12.1 Å². The predicted octanol–water partition coefficient (Wildman–Crippen LogP) is 2.46. The van der Waals surface area contributed by atoms with Crippen molar-refractivity contribution in [2.45, 2.75) is 65.7 Å². The fourth-order valence-electron chi connectivity index (χ4n) is 2.08. The number of ether oxygens (including phenoxy) is 2. The molecular formula is C16H25NO5. The molecule has 124 valence electrons. The molecule has 0 aromatic heterocycles. The second-order valence-electron chi connectivity index (χ2n) is 7.21. The Balaban J connectivity index is 3.07. The molecule has 0 unspecified atom stereocenters. The molecule has 1 atom stereocenters. The molecule has 0 N–H and O–H groups in total. The first-order chi connectivity index (χ1) is 9.85. The molecule has 0 spiro atoms. The lowest BCUT2D eigenvalue weighted by Crippen LogP contribution is -2.46. The molecule has 1 amide bonds. The largest absolute Gasteiger partial charge is 0.458 e. The van der Waals surface area contributed by atoms with Crippen molar-refractivity contribution in [2.24, 2.45) is 0 Å². The zero-order chi connectivity index (χ0) is 17.3. The molecule has 0 saturated carbocycles. The van der Waals surface area contributed by atoms with Crippen LogP contribution in [0.1, 0.15) is 48.5 Å². The average Bonchev–Trinajstić information content (AvgIpc) is 2.61. The molecule has 1 fully saturated rings. The molecule has 0 aliphatic carbocycles. The summed E-state index contributed by atoms with van der Waals surface area (Å²) >= 11 is 0. The first-order valence-corrected chi connectivity index (χ1v) is 7.27. The van der Waals surface area contributed by atoms with E-state index in [0.717, 1.165) is 4.90 Å². The second-order valence-corrected chi connectivity index (χ2v) is 7.21. The van der Waals surface area contributed by atoms with E-state index in [1.165, 1.54) is 0 Å². The van der Waals surface area contributed by atoms with Crippen LogP contribution in [0.25, 0.3) is 0 Å². The lowest BCUT2D eigenvalue weighted by molar-refractivity contribution is -0.158. The fourth-order valence-corrected chi connectivity index (χ4v) is 2.08. The van der Waals surface area contributed by atoms with Gasteiger partial charge in [0.1, 0.15) is 11.2 Å². The number of carbonyl (C=O) groups excluding carboxylic acids is 3. The first kappa shape index (κ1) is 18.2. The molecular weight excluding hydrogens is 286 g/mol. The lowest BCUT2D eigenvalue weighted by atomic mass is 10.1. The molecule has 0 aromatic carbocycles. The van der Waals surface area contributed by atoms with Crippen molar-refractivity contribution < 1.29 is 23.9 Å². The van der Waals surface area contributed by atoms with Crippen LogP contribution in [0.2, 0.25) is 0 Å². The number of esters is 1. The zero-order valence-electron chi connectivity index (χ0n) is 14.4. The van der Waals surface area contributed by atoms with Crippen LogP contribution in [0, 0.1) is 0 Å². The highest BCUT2D eigenvalue weighted by Crippen LogP contribution is 2.26. The van der Waals surface area contributed by atoms with E-state index in [-0.39, 0.29) is 17.9 Å². The van der Waals surface area contributed by atoms with Gasteiger partial charge in [-0.1, -0.05) is 6.08 Å². The smallest absolute Gasteiger partial charge is 0.411 e. The molecule has 0 radical (unpaired) electrons. The average molecular weight is 311 g/mol. The number of nitrogens with zero attached hydrogens (tertiary/aromatic N) is 1. The number of ketones is 1. The van der Waals surface area contributed by atoms with Gasteiger partial charge in [-0.3, -0.25) is 9.69 Å². The number of hydrogen-bond donors (Lipinski definition) is 0. The summed E-state index contributed by atoms with van der Waals surface area (Å²) in [6.07, 6.45) is 0.843. The van der Waals surface area contributed by atoms with Crippen molar-refractivity contribution in [1.29, 1.82) is 0 Å². The van der Waals surface area contributed by atoms with Gasteiger partial charge in [0.25, 0.3) is 0 Å². The quantitative estimate of drug-likeness (QED) is 0.549. The number of Topliss-reactive ketones (excluding diaryl/α,β-unsaturated/α-hetero) is 1. The van der Waals surface area contributed by atoms with Gasteiger partial charge in [0.05, 0.1) is 6.54 Å². The molecule has 1 rings (SSSR count). The Morgan fingerprint density at radius 1 is 1.09 bits per heavy atom. The maximum Gasteiger partial charge on any atom is 0.411 e. The van der Waals surface area contributed by atoms with Crippen molar-refractivity contribution >= 4 is 17.8 Å². The third-order valence-electron chi connectivity index (χ3n) is 2.81. The van der Waals surface area contributed by atoms with Crippen LogP contribution in [0.15, 0.2) is 11.6 Å². The number of likely N-dealkylation sites (tertiary alicyclic amines) is 1. The Morgan fingerprint density at radius 2 is 1.59 bits per heavy atom. The molecule has 6 nitrogen and oxygen atoms in total. The minimum absolute atomic E-state index is 0.182. The van der Waals surface area contributed by atoms with E-state index in [2.05, 4.69) is 0 Å². The van der Waals surface area contributed by atoms with Crippen LogP contribution in [0.5, 0.6) is 0 Å². The zero-order valence-corrected chi connectivity index (χ0v) is 14.4. The van der Waals surface area contributed by atoms with Gasteiger partial charge in [-0.05, 0) is 48.5 Å². The summed E-state index contributed by atoms with van der Waals surface area (Å²) in [6, 6.07) is -1.05. The molecule has 6 heteroatoms. The molecule has 0 aromatic rings. The SMILES string of the molecule is C/C=C1/C(=O)CN(C(=O)OC(C)(C)C)[C@@H]1C(=O)OC(C)(C)C. The fraction of sp³-hybridized carbons (Fsp3) is 0.688. The Morgan fingerprint density at radius 3 is 2.00 bits per heavy atom. The minimum atomic E-state index is -1.05. The van der Waals surface area contributed by atoms with Gasteiger partial charge in [0.15, 0.2) is 11.8 Å². The second kappa shape index (κ2) is 6.10. The normalized spacial score (nSPS) is 21.2. The maximum absolute atomic E-state index is 12.4. The lowest BCUT2D eigenvalue weighted by Gasteiger charge is -2.29. The summed E-state index contributed by atoms with van der Waals surface area (Å²) in [5.74, 6) is -0.901. The number of carbonyl (C=O) groups is 3. The molecule has 1 heterocycles. The van der Waals surface area contributed by atoms with E-state index in [4.69, 9.17) is 9.47 Å². The molecule has 22 heavy (non-hydrogen) atoms. The molecule has 0 bridgehead atoms. The summed E-state index contributed by atoms with van der Waals surface area (Å²) in [7, 11) is 0. The highest BCUT2D eigenvalue weighted by molar-refractivity contribution is 6.09. The summed E-state index contributed by atoms with van der Waals surface area (Å²) < 4.78 is 10.6. The van der Waals surface area contributed by atoms with Gasteiger partial charge in [0, 0.05) is 5.57 Å². The van der Waals surface area contributed by atoms with Crippen LogP contribution in [-0.2, 0) is 19.1 Å². The van der Waals surface area contributed by atoms with Crippen LogP contribution in [-0.4, -0.2) is 46.5 Å². The van der Waals surface area contributed by atoms with Crippen molar-refractivity contribution in [1.82, 2.24) is 4.90 Å². The molecule has 1 aliphatic heterocycles. The van der Waals surface area contributed by atoms with E-state index >= 15 is 0 Å². The summed E-state index contributed by atoms with van der Waals surface area (Å²) in [6.45, 7) is 11.8. The summed E-state index contributed by atoms with van der Waals surface area (Å²) in [4.78, 5) is 37.8. The Bertz CT molecular complexity index is 508. The van der Waals surface area contributed by atoms with Crippen LogP contribution < -0.4 is 0 Å². The Hall–Kier alpha value is -1.85. The highest BCUT2D eigenvalue weighted by Gasteiger charge is 2.46. The Labute approximate surface area is 131 Å². The van der Waals surface area contributed by atoms with Gasteiger partial charge in [-0.2, -0.15) is 0 Å². The number of rotatable bonds is 1. The monoisotopic (exact) mass is 311 g/mol. The van der Waals surface area contributed by atoms with Crippen LogP contribution in [0.3, 0.4) is 0 Å². The topological polar surface area (TPSA) is 72.9 Å². The van der Waals surface area contributed by atoms with E-state index in [9.17, 15) is 14.4 Å². The van der Waals surface area contributed by atoms with Gasteiger partial charge in [-0.15, -0.1) is 0 Å². The van der Waals surface area contributed by atoms with Crippen molar-refractivity contribution in [2.75, 3.05) is 6.54 Å². The third kappa shape index (κ3) is 4.58. The van der Waals surface area contributed by atoms with Crippen LogP contribution in [0.4, 0.5) is 4.79 Å².